The Morgan fingerprint density at radius 1 is 1.39 bits per heavy atom. The highest BCUT2D eigenvalue weighted by Gasteiger charge is 2.22. The second-order valence-electron chi connectivity index (χ2n) is 4.08. The average Bonchev–Trinajstić information content (AvgIpc) is 2.37. The van der Waals surface area contributed by atoms with E-state index in [1.807, 2.05) is 30.3 Å². The number of ketones is 1. The van der Waals surface area contributed by atoms with Gasteiger partial charge in [-0.1, -0.05) is 36.9 Å². The summed E-state index contributed by atoms with van der Waals surface area (Å²) in [6.07, 6.45) is 1.53. The molecule has 0 fully saturated rings. The predicted molar refractivity (Wildman–Crippen MR) is 69.4 cm³/mol. The minimum atomic E-state index is -0.970. The van der Waals surface area contributed by atoms with Gasteiger partial charge in [0.2, 0.25) is 0 Å². The quantitative estimate of drug-likeness (QED) is 0.715. The molecule has 1 rings (SSSR count). The molecule has 96 valence electrons. The zero-order valence-electron chi connectivity index (χ0n) is 10.3. The number of carbonyl (C=O) groups is 2. The van der Waals surface area contributed by atoms with Crippen molar-refractivity contribution >= 4 is 11.8 Å². The van der Waals surface area contributed by atoms with Gasteiger partial charge in [0.05, 0.1) is 6.04 Å². The third kappa shape index (κ3) is 4.14. The van der Waals surface area contributed by atoms with Crippen molar-refractivity contribution in [1.29, 1.82) is 0 Å². The van der Waals surface area contributed by atoms with Gasteiger partial charge >= 0.3 is 5.97 Å². The van der Waals surface area contributed by atoms with Crippen molar-refractivity contribution < 1.29 is 14.7 Å². The summed E-state index contributed by atoms with van der Waals surface area (Å²) in [5, 5.41) is 11.9. The Hall–Kier alpha value is -1.94. The van der Waals surface area contributed by atoms with Crippen LogP contribution >= 0.6 is 0 Å². The molecule has 0 unspecified atom stereocenters. The van der Waals surface area contributed by atoms with E-state index in [1.54, 1.807) is 6.92 Å². The van der Waals surface area contributed by atoms with E-state index in [2.05, 4.69) is 11.9 Å². The summed E-state index contributed by atoms with van der Waals surface area (Å²) >= 11 is 0. The van der Waals surface area contributed by atoms with Gasteiger partial charge < -0.3 is 5.11 Å². The Morgan fingerprint density at radius 2 is 2.00 bits per heavy atom. The molecule has 0 spiro atoms. The molecular formula is C14H17NO3. The number of hydrogen-bond acceptors (Lipinski definition) is 3. The molecule has 4 nitrogen and oxygen atoms in total. The molecule has 1 aromatic rings. The van der Waals surface area contributed by atoms with Gasteiger partial charge in [-0.15, -0.1) is 0 Å². The lowest BCUT2D eigenvalue weighted by molar-refractivity contribution is -0.139. The average molecular weight is 247 g/mol. The number of rotatable bonds is 7. The normalized spacial score (nSPS) is 13.6. The van der Waals surface area contributed by atoms with Gasteiger partial charge in [-0.05, 0) is 25.0 Å². The molecule has 4 heteroatoms. The first-order valence-electron chi connectivity index (χ1n) is 5.73. The van der Waals surface area contributed by atoms with E-state index in [1.165, 1.54) is 6.08 Å². The molecule has 2 N–H and O–H groups in total. The van der Waals surface area contributed by atoms with Crippen molar-refractivity contribution in [3.63, 3.8) is 0 Å². The van der Waals surface area contributed by atoms with Crippen molar-refractivity contribution in [2.75, 3.05) is 0 Å². The Bertz CT molecular complexity index is 428. The van der Waals surface area contributed by atoms with Crippen LogP contribution in [0.25, 0.3) is 0 Å². The fraction of sp³-hybridized carbons (Fsp3) is 0.286. The van der Waals surface area contributed by atoms with Crippen LogP contribution in [0, 0.1) is 0 Å². The lowest BCUT2D eigenvalue weighted by Crippen LogP contribution is -2.46. The molecule has 0 aromatic heterocycles. The minimum Gasteiger partial charge on any atom is -0.480 e. The summed E-state index contributed by atoms with van der Waals surface area (Å²) < 4.78 is 0. The number of aliphatic carboxylic acids is 1. The fourth-order valence-corrected chi connectivity index (χ4v) is 1.63. The van der Waals surface area contributed by atoms with Crippen molar-refractivity contribution in [2.24, 2.45) is 0 Å². The number of nitrogens with one attached hydrogen (secondary N) is 1. The van der Waals surface area contributed by atoms with E-state index < -0.39 is 18.1 Å². The van der Waals surface area contributed by atoms with Gasteiger partial charge in [-0.25, -0.2) is 0 Å². The number of hydrogen-bond donors (Lipinski definition) is 2. The lowest BCUT2D eigenvalue weighted by Gasteiger charge is -2.18. The molecule has 2 atom stereocenters. The molecule has 0 heterocycles. The van der Waals surface area contributed by atoms with Crippen LogP contribution in [0.1, 0.15) is 12.5 Å². The largest absolute Gasteiger partial charge is 0.480 e. The minimum absolute atomic E-state index is 0.214. The highest BCUT2D eigenvalue weighted by atomic mass is 16.4. The van der Waals surface area contributed by atoms with Crippen LogP contribution in [0.3, 0.4) is 0 Å². The summed E-state index contributed by atoms with van der Waals surface area (Å²) in [7, 11) is 0. The Labute approximate surface area is 106 Å². The topological polar surface area (TPSA) is 66.4 Å². The first-order chi connectivity index (χ1) is 8.54. The van der Waals surface area contributed by atoms with Crippen molar-refractivity contribution in [3.8, 4) is 0 Å². The number of carboxylic acids is 1. The molecule has 0 radical (unpaired) electrons. The molecule has 0 amide bonds. The Kier molecular flexibility index (Phi) is 5.27. The van der Waals surface area contributed by atoms with Gasteiger partial charge in [0.15, 0.2) is 5.78 Å². The standard InChI is InChI=1S/C14H17NO3/c1-3-13(16)10(2)15-12(14(17)18)9-11-7-5-4-6-8-11/h3-8,10,12,15H,1,9H2,2H3,(H,17,18)/t10-,12-/m0/s1. The third-order valence-corrected chi connectivity index (χ3v) is 2.66. The molecule has 0 aliphatic rings. The molecule has 0 aliphatic carbocycles. The molecule has 0 saturated carbocycles. The van der Waals surface area contributed by atoms with Crippen LogP contribution in [0.2, 0.25) is 0 Å². The van der Waals surface area contributed by atoms with E-state index in [0.717, 1.165) is 5.56 Å². The second-order valence-corrected chi connectivity index (χ2v) is 4.08. The van der Waals surface area contributed by atoms with Gasteiger partial charge in [-0.2, -0.15) is 0 Å². The summed E-state index contributed by atoms with van der Waals surface area (Å²) in [4.78, 5) is 22.5. The molecule has 18 heavy (non-hydrogen) atoms. The highest BCUT2D eigenvalue weighted by Crippen LogP contribution is 2.04. The number of carboxylic acid groups (broad SMARTS) is 1. The predicted octanol–water partition coefficient (Wildman–Crippen LogP) is 1.42. The van der Waals surface area contributed by atoms with Gasteiger partial charge in [0.25, 0.3) is 0 Å². The van der Waals surface area contributed by atoms with Gasteiger partial charge in [0.1, 0.15) is 6.04 Å². The van der Waals surface area contributed by atoms with Crippen LogP contribution in [-0.2, 0) is 16.0 Å². The second kappa shape index (κ2) is 6.71. The zero-order valence-corrected chi connectivity index (χ0v) is 10.3. The Balaban J connectivity index is 2.69. The van der Waals surface area contributed by atoms with Crippen molar-refractivity contribution in [1.82, 2.24) is 5.32 Å². The molecule has 0 aliphatic heterocycles. The summed E-state index contributed by atoms with van der Waals surface area (Å²) in [6, 6.07) is 7.96. The van der Waals surface area contributed by atoms with Crippen molar-refractivity contribution in [3.05, 3.63) is 48.6 Å². The van der Waals surface area contributed by atoms with E-state index in [-0.39, 0.29) is 5.78 Å². The van der Waals surface area contributed by atoms with Crippen LogP contribution in [0.5, 0.6) is 0 Å². The molecule has 0 saturated heterocycles. The lowest BCUT2D eigenvalue weighted by atomic mass is 10.0. The fourth-order valence-electron chi connectivity index (χ4n) is 1.63. The van der Waals surface area contributed by atoms with Crippen LogP contribution < -0.4 is 5.32 Å². The maximum atomic E-state index is 11.3. The van der Waals surface area contributed by atoms with E-state index in [4.69, 9.17) is 5.11 Å². The molecular weight excluding hydrogens is 230 g/mol. The summed E-state index contributed by atoms with van der Waals surface area (Å²) in [5.41, 5.74) is 0.913. The Morgan fingerprint density at radius 3 is 2.50 bits per heavy atom. The van der Waals surface area contributed by atoms with Crippen LogP contribution in [-0.4, -0.2) is 28.9 Å². The molecule has 1 aromatic carbocycles. The SMILES string of the molecule is C=CC(=O)[C@H](C)N[C@@H](Cc1ccccc1)C(=O)O. The molecule has 0 bridgehead atoms. The van der Waals surface area contributed by atoms with Crippen LogP contribution in [0.4, 0.5) is 0 Å². The zero-order chi connectivity index (χ0) is 13.5. The highest BCUT2D eigenvalue weighted by molar-refractivity contribution is 5.93. The number of benzene rings is 1. The smallest absolute Gasteiger partial charge is 0.321 e. The number of carbonyl (C=O) groups excluding carboxylic acids is 1. The van der Waals surface area contributed by atoms with E-state index in [9.17, 15) is 9.59 Å². The maximum Gasteiger partial charge on any atom is 0.321 e. The van der Waals surface area contributed by atoms with Gasteiger partial charge in [0, 0.05) is 0 Å². The maximum absolute atomic E-state index is 11.3. The monoisotopic (exact) mass is 247 g/mol. The first-order valence-corrected chi connectivity index (χ1v) is 5.73. The third-order valence-electron chi connectivity index (χ3n) is 2.66. The van der Waals surface area contributed by atoms with Crippen molar-refractivity contribution in [2.45, 2.75) is 25.4 Å². The van der Waals surface area contributed by atoms with E-state index >= 15 is 0 Å². The van der Waals surface area contributed by atoms with Gasteiger partial charge in [-0.3, -0.25) is 14.9 Å². The van der Waals surface area contributed by atoms with Crippen LogP contribution in [0.15, 0.2) is 43.0 Å². The first kappa shape index (κ1) is 14.1. The summed E-state index contributed by atoms with van der Waals surface area (Å²) in [6.45, 7) is 5.01. The summed E-state index contributed by atoms with van der Waals surface area (Å²) in [5.74, 6) is -1.18. The van der Waals surface area contributed by atoms with E-state index in [0.29, 0.717) is 6.42 Å².